The number of nitrogens with zero attached hydrogens (tertiary/aromatic N) is 5. The summed E-state index contributed by atoms with van der Waals surface area (Å²) in [6.45, 7) is 5.67. The molecule has 0 saturated carbocycles. The number of hydrogen-bond acceptors (Lipinski definition) is 8. The van der Waals surface area contributed by atoms with Crippen LogP contribution in [0.1, 0.15) is 18.9 Å². The molecule has 0 atom stereocenters. The number of anilines is 2. The van der Waals surface area contributed by atoms with Crippen LogP contribution in [-0.4, -0.2) is 66.8 Å². The Morgan fingerprint density at radius 1 is 1.02 bits per heavy atom. The lowest BCUT2D eigenvalue weighted by atomic mass is 10.0. The van der Waals surface area contributed by atoms with Crippen LogP contribution in [-0.2, 0) is 21.4 Å². The van der Waals surface area contributed by atoms with E-state index in [1.54, 1.807) is 37.4 Å². The summed E-state index contributed by atoms with van der Waals surface area (Å²) < 4.78 is 27.4. The van der Waals surface area contributed by atoms with Gasteiger partial charge in [-0.1, -0.05) is 42.5 Å². The Balaban J connectivity index is 1.32. The van der Waals surface area contributed by atoms with Crippen LogP contribution < -0.4 is 10.0 Å². The maximum absolute atomic E-state index is 12.5. The van der Waals surface area contributed by atoms with Gasteiger partial charge in [-0.3, -0.25) is 9.69 Å². The fraction of sp³-hybridized carbons (Fsp3) is 0.267. The standard InChI is InChI=1S/C30H31N7O3S/c1-22(38)37-17-15-36(16-18-37)21-23-5-2-7-26(19-23)34-30-32-20-25-6-3-8-28(29(25)35-30)24-9-11-27(12-10-24)41(39,40)33-14-4-13-31/h2-3,5-12,19-20,33H,4,14-18,21H2,1H3,(H,32,34,35). The number of rotatable bonds is 9. The van der Waals surface area contributed by atoms with Crippen molar-refractivity contribution in [2.45, 2.75) is 24.8 Å². The predicted molar refractivity (Wildman–Crippen MR) is 158 cm³/mol. The minimum absolute atomic E-state index is 0.0671. The second-order valence-corrected chi connectivity index (χ2v) is 11.6. The number of piperazine rings is 1. The molecule has 2 N–H and O–H groups in total. The van der Waals surface area contributed by atoms with E-state index in [9.17, 15) is 13.2 Å². The highest BCUT2D eigenvalue weighted by atomic mass is 32.2. The summed E-state index contributed by atoms with van der Waals surface area (Å²) in [6.07, 6.45) is 1.87. The number of carbonyl (C=O) groups is 1. The number of nitriles is 1. The summed E-state index contributed by atoms with van der Waals surface area (Å²) in [6, 6.07) is 22.5. The number of benzene rings is 3. The van der Waals surface area contributed by atoms with Gasteiger partial charge in [0.1, 0.15) is 0 Å². The van der Waals surface area contributed by atoms with Crippen molar-refractivity contribution in [3.63, 3.8) is 0 Å². The number of amides is 1. The third-order valence-electron chi connectivity index (χ3n) is 7.02. The molecule has 0 bridgehead atoms. The molecule has 1 amide bonds. The Kier molecular flexibility index (Phi) is 8.54. The van der Waals surface area contributed by atoms with Crippen LogP contribution in [0.25, 0.3) is 22.0 Å². The Morgan fingerprint density at radius 3 is 2.51 bits per heavy atom. The highest BCUT2D eigenvalue weighted by molar-refractivity contribution is 7.89. The van der Waals surface area contributed by atoms with Gasteiger partial charge in [-0.2, -0.15) is 5.26 Å². The molecule has 1 fully saturated rings. The zero-order valence-electron chi connectivity index (χ0n) is 22.7. The van der Waals surface area contributed by atoms with Crippen molar-refractivity contribution >= 4 is 38.5 Å². The minimum atomic E-state index is -3.69. The van der Waals surface area contributed by atoms with Crippen LogP contribution in [0.3, 0.4) is 0 Å². The van der Waals surface area contributed by atoms with Crippen LogP contribution >= 0.6 is 0 Å². The molecule has 1 aliphatic heterocycles. The van der Waals surface area contributed by atoms with Gasteiger partial charge in [0, 0.05) is 75.4 Å². The molecule has 11 heteroatoms. The molecule has 5 rings (SSSR count). The summed E-state index contributed by atoms with van der Waals surface area (Å²) in [5.74, 6) is 0.581. The summed E-state index contributed by atoms with van der Waals surface area (Å²) in [5, 5.41) is 12.9. The van der Waals surface area contributed by atoms with E-state index >= 15 is 0 Å². The number of hydrogen-bond donors (Lipinski definition) is 2. The molecule has 1 saturated heterocycles. The second-order valence-electron chi connectivity index (χ2n) is 9.87. The highest BCUT2D eigenvalue weighted by Crippen LogP contribution is 2.29. The van der Waals surface area contributed by atoms with Crippen molar-refractivity contribution in [1.82, 2.24) is 24.5 Å². The van der Waals surface area contributed by atoms with Gasteiger partial charge < -0.3 is 10.2 Å². The van der Waals surface area contributed by atoms with Crippen molar-refractivity contribution in [2.75, 3.05) is 38.0 Å². The first kappa shape index (κ1) is 28.2. The number of para-hydroxylation sites is 1. The third kappa shape index (κ3) is 6.86. The number of sulfonamides is 1. The first-order valence-corrected chi connectivity index (χ1v) is 14.9. The fourth-order valence-corrected chi connectivity index (χ4v) is 5.87. The minimum Gasteiger partial charge on any atom is -0.340 e. The first-order valence-electron chi connectivity index (χ1n) is 13.4. The van der Waals surface area contributed by atoms with Gasteiger partial charge in [-0.25, -0.2) is 23.1 Å². The normalized spacial score (nSPS) is 14.1. The van der Waals surface area contributed by atoms with E-state index in [1.165, 1.54) is 0 Å². The van der Waals surface area contributed by atoms with Crippen molar-refractivity contribution in [1.29, 1.82) is 5.26 Å². The average molecular weight is 570 g/mol. The molecule has 3 aromatic carbocycles. The van der Waals surface area contributed by atoms with Gasteiger partial charge in [-0.15, -0.1) is 0 Å². The number of fused-ring (bicyclic) bond motifs is 1. The van der Waals surface area contributed by atoms with Gasteiger partial charge >= 0.3 is 0 Å². The molecule has 0 aliphatic carbocycles. The van der Waals surface area contributed by atoms with E-state index in [-0.39, 0.29) is 23.8 Å². The average Bonchev–Trinajstić information content (AvgIpc) is 2.97. The Morgan fingerprint density at radius 2 is 1.78 bits per heavy atom. The van der Waals surface area contributed by atoms with Gasteiger partial charge in [0.15, 0.2) is 0 Å². The van der Waals surface area contributed by atoms with E-state index < -0.39 is 10.0 Å². The molecular formula is C30H31N7O3S. The van der Waals surface area contributed by atoms with E-state index in [0.29, 0.717) is 5.95 Å². The van der Waals surface area contributed by atoms with Gasteiger partial charge in [-0.05, 0) is 35.4 Å². The molecular weight excluding hydrogens is 538 g/mol. The molecule has 0 spiro atoms. The predicted octanol–water partition coefficient (Wildman–Crippen LogP) is 3.90. The van der Waals surface area contributed by atoms with E-state index in [1.807, 2.05) is 41.3 Å². The molecule has 1 aromatic heterocycles. The summed E-state index contributed by atoms with van der Waals surface area (Å²) in [5.41, 5.74) is 4.45. The van der Waals surface area contributed by atoms with Crippen molar-refractivity contribution in [2.24, 2.45) is 0 Å². The van der Waals surface area contributed by atoms with Crippen LogP contribution in [0, 0.1) is 11.3 Å². The van der Waals surface area contributed by atoms with Crippen LogP contribution in [0.2, 0.25) is 0 Å². The van der Waals surface area contributed by atoms with E-state index in [0.717, 1.165) is 66.0 Å². The molecule has 2 heterocycles. The summed E-state index contributed by atoms with van der Waals surface area (Å²) in [4.78, 5) is 25.3. The fourth-order valence-electron chi connectivity index (χ4n) is 4.84. The van der Waals surface area contributed by atoms with Crippen molar-refractivity contribution in [3.05, 3.63) is 78.5 Å². The highest BCUT2D eigenvalue weighted by Gasteiger charge is 2.19. The van der Waals surface area contributed by atoms with Gasteiger partial charge in [0.2, 0.25) is 21.9 Å². The topological polar surface area (TPSA) is 131 Å². The lowest BCUT2D eigenvalue weighted by Crippen LogP contribution is -2.47. The molecule has 1 aliphatic rings. The molecule has 10 nitrogen and oxygen atoms in total. The second kappa shape index (κ2) is 12.4. The molecule has 0 unspecified atom stereocenters. The smallest absolute Gasteiger partial charge is 0.240 e. The zero-order valence-corrected chi connectivity index (χ0v) is 23.6. The third-order valence-corrected chi connectivity index (χ3v) is 8.50. The first-order chi connectivity index (χ1) is 19.8. The summed E-state index contributed by atoms with van der Waals surface area (Å²) >= 11 is 0. The lowest BCUT2D eigenvalue weighted by molar-refractivity contribution is -0.130. The van der Waals surface area contributed by atoms with Crippen LogP contribution in [0.15, 0.2) is 77.8 Å². The zero-order chi connectivity index (χ0) is 28.8. The Hall–Kier alpha value is -4.37. The number of nitrogens with one attached hydrogen (secondary N) is 2. The Bertz CT molecular complexity index is 1690. The maximum atomic E-state index is 12.5. The SMILES string of the molecule is CC(=O)N1CCN(Cc2cccc(Nc3ncc4cccc(-c5ccc(S(=O)(=O)NCCC#N)cc5)c4n3)c2)CC1. The van der Waals surface area contributed by atoms with Crippen molar-refractivity contribution < 1.29 is 13.2 Å². The maximum Gasteiger partial charge on any atom is 0.240 e. The quantitative estimate of drug-likeness (QED) is 0.290. The Labute approximate surface area is 239 Å². The van der Waals surface area contributed by atoms with E-state index in [4.69, 9.17) is 10.2 Å². The van der Waals surface area contributed by atoms with Gasteiger partial charge in [0.25, 0.3) is 0 Å². The van der Waals surface area contributed by atoms with E-state index in [2.05, 4.69) is 32.1 Å². The molecule has 41 heavy (non-hydrogen) atoms. The lowest BCUT2D eigenvalue weighted by Gasteiger charge is -2.34. The van der Waals surface area contributed by atoms with Crippen LogP contribution in [0.4, 0.5) is 11.6 Å². The number of carbonyl (C=O) groups excluding carboxylic acids is 1. The largest absolute Gasteiger partial charge is 0.340 e. The molecule has 210 valence electrons. The molecule has 0 radical (unpaired) electrons. The number of aromatic nitrogens is 2. The van der Waals surface area contributed by atoms with Gasteiger partial charge in [0.05, 0.1) is 16.5 Å². The summed E-state index contributed by atoms with van der Waals surface area (Å²) in [7, 11) is -3.69. The van der Waals surface area contributed by atoms with Crippen LogP contribution in [0.5, 0.6) is 0 Å². The van der Waals surface area contributed by atoms with Crippen molar-refractivity contribution in [3.8, 4) is 17.2 Å². The molecule has 4 aromatic rings. The monoisotopic (exact) mass is 569 g/mol.